The Hall–Kier alpha value is -1.44. The van der Waals surface area contributed by atoms with E-state index in [4.69, 9.17) is 16.2 Å². The lowest BCUT2D eigenvalue weighted by atomic mass is 10.3. The molecule has 1 aliphatic rings. The van der Waals surface area contributed by atoms with Crippen LogP contribution in [0.3, 0.4) is 0 Å². The molecule has 0 atom stereocenters. The maximum atomic E-state index is 5.86. The van der Waals surface area contributed by atoms with Gasteiger partial charge in [-0.25, -0.2) is 4.98 Å². The number of nitrogens with zero attached hydrogens (tertiary/aromatic N) is 3. The van der Waals surface area contributed by atoms with Crippen molar-refractivity contribution in [2.45, 2.75) is 6.42 Å². The Bertz CT molecular complexity index is 579. The van der Waals surface area contributed by atoms with Gasteiger partial charge in [0.15, 0.2) is 0 Å². The Balaban J connectivity index is 1.72. The fraction of sp³-hybridized carbons (Fsp3) is 0.500. The van der Waals surface area contributed by atoms with Gasteiger partial charge in [-0.3, -0.25) is 4.90 Å². The minimum Gasteiger partial charge on any atom is -0.382 e. The zero-order chi connectivity index (χ0) is 13.2. The molecule has 4 N–H and O–H groups in total. The molecule has 0 radical (unpaired) electrons. The monoisotopic (exact) mass is 279 g/mol. The number of hydrogen-bond acceptors (Lipinski definition) is 7. The van der Waals surface area contributed by atoms with Gasteiger partial charge in [-0.1, -0.05) is 0 Å². The van der Waals surface area contributed by atoms with Crippen LogP contribution in [-0.2, 0) is 11.2 Å². The quantitative estimate of drug-likeness (QED) is 0.861. The normalized spacial score (nSPS) is 17.1. The van der Waals surface area contributed by atoms with E-state index in [9.17, 15) is 0 Å². The van der Waals surface area contributed by atoms with Crippen LogP contribution in [-0.4, -0.2) is 47.7 Å². The number of anilines is 2. The van der Waals surface area contributed by atoms with Gasteiger partial charge in [0.25, 0.3) is 0 Å². The highest BCUT2D eigenvalue weighted by atomic mass is 32.1. The van der Waals surface area contributed by atoms with E-state index in [1.165, 1.54) is 4.88 Å². The Morgan fingerprint density at radius 3 is 2.84 bits per heavy atom. The molecule has 0 aliphatic carbocycles. The first kappa shape index (κ1) is 12.6. The standard InChI is InChI=1S/C12H17N5OS/c13-11-10-9(15-12(14)16-11)7-8(19-10)1-2-17-3-5-18-6-4-17/h7H,1-6H2,(H4,13,14,15,16). The summed E-state index contributed by atoms with van der Waals surface area (Å²) in [5, 5.41) is 0. The number of thiophene rings is 1. The maximum absolute atomic E-state index is 5.86. The average molecular weight is 279 g/mol. The SMILES string of the molecule is Nc1nc(N)c2sc(CCN3CCOCC3)cc2n1. The second-order valence-electron chi connectivity index (χ2n) is 4.60. The van der Waals surface area contributed by atoms with Gasteiger partial charge in [-0.2, -0.15) is 4.98 Å². The molecule has 1 fully saturated rings. The number of ether oxygens (including phenoxy) is 1. The first-order valence-corrected chi connectivity index (χ1v) is 7.15. The molecular weight excluding hydrogens is 262 g/mol. The van der Waals surface area contributed by atoms with Crippen LogP contribution in [0.25, 0.3) is 10.2 Å². The Kier molecular flexibility index (Phi) is 3.50. The number of nitrogen functional groups attached to an aromatic ring is 2. The predicted octanol–water partition coefficient (Wildman–Crippen LogP) is 0.730. The summed E-state index contributed by atoms with van der Waals surface area (Å²) in [5.74, 6) is 0.715. The zero-order valence-electron chi connectivity index (χ0n) is 10.6. The molecule has 0 bridgehead atoms. The van der Waals surface area contributed by atoms with E-state index in [1.807, 2.05) is 0 Å². The van der Waals surface area contributed by atoms with Crippen LogP contribution >= 0.6 is 11.3 Å². The topological polar surface area (TPSA) is 90.3 Å². The summed E-state index contributed by atoms with van der Waals surface area (Å²) < 4.78 is 6.28. The van der Waals surface area contributed by atoms with Gasteiger partial charge in [0, 0.05) is 24.5 Å². The lowest BCUT2D eigenvalue weighted by Gasteiger charge is -2.26. The molecule has 102 valence electrons. The van der Waals surface area contributed by atoms with Crippen molar-refractivity contribution in [3.63, 3.8) is 0 Å². The summed E-state index contributed by atoms with van der Waals surface area (Å²) in [5.41, 5.74) is 12.3. The highest BCUT2D eigenvalue weighted by Crippen LogP contribution is 2.29. The first-order valence-electron chi connectivity index (χ1n) is 6.34. The third kappa shape index (κ3) is 2.78. The van der Waals surface area contributed by atoms with Crippen LogP contribution in [0, 0.1) is 0 Å². The van der Waals surface area contributed by atoms with Crippen LogP contribution in [0.15, 0.2) is 6.07 Å². The lowest BCUT2D eigenvalue weighted by molar-refractivity contribution is 0.0385. The number of fused-ring (bicyclic) bond motifs is 1. The first-order chi connectivity index (χ1) is 9.22. The largest absolute Gasteiger partial charge is 0.382 e. The third-order valence-corrected chi connectivity index (χ3v) is 4.45. The van der Waals surface area contributed by atoms with E-state index in [2.05, 4.69) is 20.9 Å². The van der Waals surface area contributed by atoms with Crippen LogP contribution < -0.4 is 11.5 Å². The van der Waals surface area contributed by atoms with Gasteiger partial charge >= 0.3 is 0 Å². The van der Waals surface area contributed by atoms with Crippen molar-refractivity contribution in [3.05, 3.63) is 10.9 Å². The summed E-state index contributed by atoms with van der Waals surface area (Å²) in [6.07, 6.45) is 1.00. The van der Waals surface area contributed by atoms with E-state index in [0.29, 0.717) is 5.82 Å². The average Bonchev–Trinajstić information content (AvgIpc) is 2.81. The van der Waals surface area contributed by atoms with Gasteiger partial charge in [0.1, 0.15) is 5.82 Å². The molecule has 7 heteroatoms. The molecular formula is C12H17N5OS. The van der Waals surface area contributed by atoms with Crippen molar-refractivity contribution in [1.82, 2.24) is 14.9 Å². The van der Waals surface area contributed by atoms with Gasteiger partial charge in [-0.05, 0) is 12.5 Å². The van der Waals surface area contributed by atoms with Crippen LogP contribution in [0.2, 0.25) is 0 Å². The molecule has 0 spiro atoms. The molecule has 2 aromatic rings. The minimum atomic E-state index is 0.238. The molecule has 3 heterocycles. The van der Waals surface area contributed by atoms with E-state index in [0.717, 1.165) is 49.5 Å². The van der Waals surface area contributed by atoms with Crippen molar-refractivity contribution >= 4 is 33.3 Å². The van der Waals surface area contributed by atoms with Crippen molar-refractivity contribution in [3.8, 4) is 0 Å². The van der Waals surface area contributed by atoms with Gasteiger partial charge in [0.05, 0.1) is 23.4 Å². The fourth-order valence-electron chi connectivity index (χ4n) is 2.24. The number of nitrogens with two attached hydrogens (primary N) is 2. The minimum absolute atomic E-state index is 0.238. The van der Waals surface area contributed by atoms with Crippen molar-refractivity contribution in [2.24, 2.45) is 0 Å². The molecule has 6 nitrogen and oxygen atoms in total. The Morgan fingerprint density at radius 1 is 1.26 bits per heavy atom. The van der Waals surface area contributed by atoms with Gasteiger partial charge in [0.2, 0.25) is 5.95 Å². The molecule has 0 aromatic carbocycles. The molecule has 0 saturated carbocycles. The zero-order valence-corrected chi connectivity index (χ0v) is 11.4. The Labute approximate surface area is 115 Å². The van der Waals surface area contributed by atoms with Gasteiger partial charge < -0.3 is 16.2 Å². The summed E-state index contributed by atoms with van der Waals surface area (Å²) in [6, 6.07) is 2.06. The summed E-state index contributed by atoms with van der Waals surface area (Å²) in [4.78, 5) is 11.9. The molecule has 3 rings (SSSR count). The number of morpholine rings is 1. The van der Waals surface area contributed by atoms with Crippen molar-refractivity contribution in [1.29, 1.82) is 0 Å². The van der Waals surface area contributed by atoms with Crippen LogP contribution in [0.5, 0.6) is 0 Å². The summed E-state index contributed by atoms with van der Waals surface area (Å²) in [7, 11) is 0. The molecule has 0 unspecified atom stereocenters. The smallest absolute Gasteiger partial charge is 0.222 e. The van der Waals surface area contributed by atoms with E-state index in [-0.39, 0.29) is 5.95 Å². The number of aromatic nitrogens is 2. The molecule has 0 amide bonds. The molecule has 2 aromatic heterocycles. The predicted molar refractivity (Wildman–Crippen MR) is 77.2 cm³/mol. The van der Waals surface area contributed by atoms with Crippen LogP contribution in [0.4, 0.5) is 11.8 Å². The third-order valence-electron chi connectivity index (χ3n) is 3.24. The molecule has 1 saturated heterocycles. The van der Waals surface area contributed by atoms with Crippen molar-refractivity contribution in [2.75, 3.05) is 44.3 Å². The van der Waals surface area contributed by atoms with E-state index < -0.39 is 0 Å². The second-order valence-corrected chi connectivity index (χ2v) is 5.73. The molecule has 19 heavy (non-hydrogen) atoms. The van der Waals surface area contributed by atoms with Gasteiger partial charge in [-0.15, -0.1) is 11.3 Å². The summed E-state index contributed by atoms with van der Waals surface area (Å²) in [6.45, 7) is 4.74. The highest BCUT2D eigenvalue weighted by Gasteiger charge is 2.12. The van der Waals surface area contributed by atoms with E-state index in [1.54, 1.807) is 11.3 Å². The lowest BCUT2D eigenvalue weighted by Crippen LogP contribution is -2.37. The summed E-state index contributed by atoms with van der Waals surface area (Å²) >= 11 is 1.66. The maximum Gasteiger partial charge on any atom is 0.222 e. The van der Waals surface area contributed by atoms with Crippen molar-refractivity contribution < 1.29 is 4.74 Å². The highest BCUT2D eigenvalue weighted by molar-refractivity contribution is 7.19. The number of hydrogen-bond donors (Lipinski definition) is 2. The van der Waals surface area contributed by atoms with E-state index >= 15 is 0 Å². The second kappa shape index (κ2) is 5.28. The number of rotatable bonds is 3. The Morgan fingerprint density at radius 2 is 2.05 bits per heavy atom. The van der Waals surface area contributed by atoms with Crippen LogP contribution in [0.1, 0.15) is 4.88 Å². The fourth-order valence-corrected chi connectivity index (χ4v) is 3.22. The molecule has 1 aliphatic heterocycles.